The van der Waals surface area contributed by atoms with Crippen LogP contribution in [0.4, 0.5) is 0 Å². The van der Waals surface area contributed by atoms with E-state index in [1.807, 2.05) is 31.2 Å². The van der Waals surface area contributed by atoms with Gasteiger partial charge in [-0.2, -0.15) is 4.98 Å². The second-order valence-electron chi connectivity index (χ2n) is 5.24. The molecular weight excluding hydrogens is 290 g/mol. The van der Waals surface area contributed by atoms with Crippen molar-refractivity contribution < 1.29 is 9.26 Å². The molecule has 112 valence electrons. The maximum absolute atomic E-state index is 6.06. The van der Waals surface area contributed by atoms with Gasteiger partial charge in [0.25, 0.3) is 0 Å². The predicted molar refractivity (Wildman–Crippen MR) is 79.8 cm³/mol. The molecule has 0 radical (unpaired) electrons. The van der Waals surface area contributed by atoms with E-state index in [2.05, 4.69) is 15.0 Å². The molecule has 0 N–H and O–H groups in total. The first kappa shape index (κ1) is 14.4. The van der Waals surface area contributed by atoms with Crippen molar-refractivity contribution in [3.05, 3.63) is 41.0 Å². The molecule has 0 aliphatic carbocycles. The third kappa shape index (κ3) is 3.54. The average Bonchev–Trinajstić information content (AvgIpc) is 3.10. The molecule has 1 fully saturated rings. The first-order valence-corrected chi connectivity index (χ1v) is 7.50. The third-order valence-corrected chi connectivity index (χ3v) is 3.98. The second kappa shape index (κ2) is 6.45. The summed E-state index contributed by atoms with van der Waals surface area (Å²) in [6.07, 6.45) is 1.05. The summed E-state index contributed by atoms with van der Waals surface area (Å²) in [6, 6.07) is 7.54. The van der Waals surface area contributed by atoms with Gasteiger partial charge in [-0.25, -0.2) is 0 Å². The fourth-order valence-corrected chi connectivity index (χ4v) is 2.75. The van der Waals surface area contributed by atoms with Crippen molar-refractivity contribution in [2.45, 2.75) is 19.3 Å². The Kier molecular flexibility index (Phi) is 4.41. The van der Waals surface area contributed by atoms with E-state index in [1.54, 1.807) is 0 Å². The largest absolute Gasteiger partial charge is 0.491 e. The quantitative estimate of drug-likeness (QED) is 0.850. The number of halogens is 1. The molecule has 1 aromatic carbocycles. The lowest BCUT2D eigenvalue weighted by atomic mass is 10.1. The van der Waals surface area contributed by atoms with Crippen LogP contribution in [0.1, 0.15) is 24.1 Å². The van der Waals surface area contributed by atoms with E-state index < -0.39 is 0 Å². The molecule has 0 amide bonds. The fraction of sp³-hybridized carbons (Fsp3) is 0.467. The van der Waals surface area contributed by atoms with Crippen molar-refractivity contribution in [3.63, 3.8) is 0 Å². The second-order valence-corrected chi connectivity index (χ2v) is 5.65. The first-order chi connectivity index (χ1) is 10.2. The summed E-state index contributed by atoms with van der Waals surface area (Å²) in [7, 11) is 0. The Morgan fingerprint density at radius 3 is 3.05 bits per heavy atom. The lowest BCUT2D eigenvalue weighted by molar-refractivity contribution is 0.233. The number of para-hydroxylation sites is 1. The molecule has 1 atom stereocenters. The lowest BCUT2D eigenvalue weighted by Crippen LogP contribution is -2.26. The summed E-state index contributed by atoms with van der Waals surface area (Å²) in [4.78, 5) is 6.66. The Balaban J connectivity index is 1.46. The number of aryl methyl sites for hydroxylation is 1. The highest BCUT2D eigenvalue weighted by molar-refractivity contribution is 6.32. The van der Waals surface area contributed by atoms with Gasteiger partial charge in [-0.05, 0) is 32.0 Å². The maximum atomic E-state index is 6.06. The van der Waals surface area contributed by atoms with Crippen LogP contribution >= 0.6 is 11.6 Å². The maximum Gasteiger partial charge on any atom is 0.231 e. The topological polar surface area (TPSA) is 51.4 Å². The number of rotatable bonds is 5. The van der Waals surface area contributed by atoms with Crippen molar-refractivity contribution >= 4 is 11.6 Å². The minimum absolute atomic E-state index is 0.339. The van der Waals surface area contributed by atoms with Gasteiger partial charge in [0.2, 0.25) is 5.89 Å². The van der Waals surface area contributed by atoms with E-state index in [-0.39, 0.29) is 0 Å². The minimum atomic E-state index is 0.339. The number of benzene rings is 1. The summed E-state index contributed by atoms with van der Waals surface area (Å²) < 4.78 is 11.0. The van der Waals surface area contributed by atoms with Crippen LogP contribution in [0.5, 0.6) is 5.75 Å². The van der Waals surface area contributed by atoms with Crippen LogP contribution in [-0.4, -0.2) is 41.3 Å². The molecule has 0 spiro atoms. The molecule has 2 aromatic rings. The molecule has 3 rings (SSSR count). The summed E-state index contributed by atoms with van der Waals surface area (Å²) in [5.74, 6) is 2.53. The summed E-state index contributed by atoms with van der Waals surface area (Å²) in [6.45, 7) is 5.30. The molecule has 1 saturated heterocycles. The third-order valence-electron chi connectivity index (χ3n) is 3.67. The molecule has 21 heavy (non-hydrogen) atoms. The Morgan fingerprint density at radius 2 is 2.29 bits per heavy atom. The number of nitrogens with zero attached hydrogens (tertiary/aromatic N) is 3. The van der Waals surface area contributed by atoms with Crippen LogP contribution in [0.15, 0.2) is 28.8 Å². The van der Waals surface area contributed by atoms with E-state index in [1.165, 1.54) is 0 Å². The van der Waals surface area contributed by atoms with E-state index in [9.17, 15) is 0 Å². The monoisotopic (exact) mass is 307 g/mol. The van der Waals surface area contributed by atoms with Crippen molar-refractivity contribution in [1.82, 2.24) is 15.0 Å². The normalized spacial score (nSPS) is 19.0. The zero-order chi connectivity index (χ0) is 14.7. The van der Waals surface area contributed by atoms with Gasteiger partial charge in [-0.1, -0.05) is 28.9 Å². The Labute approximate surface area is 128 Å². The molecule has 1 aliphatic heterocycles. The molecular formula is C15H18ClN3O2. The number of likely N-dealkylation sites (tertiary alicyclic amines) is 1. The van der Waals surface area contributed by atoms with Crippen molar-refractivity contribution in [2.24, 2.45) is 0 Å². The van der Waals surface area contributed by atoms with Crippen LogP contribution in [0.2, 0.25) is 5.02 Å². The Bertz CT molecular complexity index is 602. The van der Waals surface area contributed by atoms with E-state index >= 15 is 0 Å². The first-order valence-electron chi connectivity index (χ1n) is 7.12. The Morgan fingerprint density at radius 1 is 1.43 bits per heavy atom. The SMILES string of the molecule is Cc1noc([C@@H]2CCN(CCOc3ccccc3Cl)C2)n1. The zero-order valence-corrected chi connectivity index (χ0v) is 12.7. The average molecular weight is 308 g/mol. The summed E-state index contributed by atoms with van der Waals surface area (Å²) >= 11 is 6.06. The zero-order valence-electron chi connectivity index (χ0n) is 12.0. The number of ether oxygens (including phenoxy) is 1. The van der Waals surface area contributed by atoms with Gasteiger partial charge in [0.1, 0.15) is 12.4 Å². The molecule has 2 heterocycles. The van der Waals surface area contributed by atoms with Crippen molar-refractivity contribution in [1.29, 1.82) is 0 Å². The van der Waals surface area contributed by atoms with Crippen LogP contribution in [0, 0.1) is 6.92 Å². The highest BCUT2D eigenvalue weighted by Gasteiger charge is 2.27. The standard InChI is InChI=1S/C15H18ClN3O2/c1-11-17-15(21-18-11)12-6-7-19(10-12)8-9-20-14-5-3-2-4-13(14)16/h2-5,12H,6-10H2,1H3/t12-/m1/s1. The molecule has 0 bridgehead atoms. The van der Waals surface area contributed by atoms with Gasteiger partial charge in [0, 0.05) is 13.1 Å². The molecule has 5 nitrogen and oxygen atoms in total. The Hall–Kier alpha value is -1.59. The van der Waals surface area contributed by atoms with E-state index in [4.69, 9.17) is 20.9 Å². The van der Waals surface area contributed by atoms with Crippen LogP contribution in [0.25, 0.3) is 0 Å². The van der Waals surface area contributed by atoms with Crippen LogP contribution < -0.4 is 4.74 Å². The van der Waals surface area contributed by atoms with E-state index in [0.717, 1.165) is 37.7 Å². The highest BCUT2D eigenvalue weighted by atomic mass is 35.5. The highest BCUT2D eigenvalue weighted by Crippen LogP contribution is 2.26. The van der Waals surface area contributed by atoms with Gasteiger partial charge >= 0.3 is 0 Å². The smallest absolute Gasteiger partial charge is 0.231 e. The van der Waals surface area contributed by atoms with Gasteiger partial charge in [-0.3, -0.25) is 4.90 Å². The lowest BCUT2D eigenvalue weighted by Gasteiger charge is -2.16. The van der Waals surface area contributed by atoms with Gasteiger partial charge < -0.3 is 9.26 Å². The van der Waals surface area contributed by atoms with Crippen LogP contribution in [-0.2, 0) is 0 Å². The minimum Gasteiger partial charge on any atom is -0.491 e. The molecule has 0 unspecified atom stereocenters. The molecule has 1 aliphatic rings. The molecule has 1 aromatic heterocycles. The number of hydrogen-bond donors (Lipinski definition) is 0. The van der Waals surface area contributed by atoms with Gasteiger partial charge in [0.15, 0.2) is 5.82 Å². The predicted octanol–water partition coefficient (Wildman–Crippen LogP) is 2.90. The molecule has 6 heteroatoms. The van der Waals surface area contributed by atoms with Crippen molar-refractivity contribution in [2.75, 3.05) is 26.2 Å². The van der Waals surface area contributed by atoms with Gasteiger partial charge in [0.05, 0.1) is 10.9 Å². The van der Waals surface area contributed by atoms with Gasteiger partial charge in [-0.15, -0.1) is 0 Å². The summed E-state index contributed by atoms with van der Waals surface area (Å²) in [5.41, 5.74) is 0. The number of aromatic nitrogens is 2. The van der Waals surface area contributed by atoms with Crippen molar-refractivity contribution in [3.8, 4) is 5.75 Å². The van der Waals surface area contributed by atoms with Crippen LogP contribution in [0.3, 0.4) is 0 Å². The fourth-order valence-electron chi connectivity index (χ4n) is 2.56. The summed E-state index contributed by atoms with van der Waals surface area (Å²) in [5, 5.41) is 4.50. The van der Waals surface area contributed by atoms with E-state index in [0.29, 0.717) is 23.4 Å². The number of hydrogen-bond acceptors (Lipinski definition) is 5. The molecule has 0 saturated carbocycles.